The van der Waals surface area contributed by atoms with Gasteiger partial charge in [-0.2, -0.15) is 0 Å². The number of ether oxygens (including phenoxy) is 1. The minimum atomic E-state index is -0.336. The van der Waals surface area contributed by atoms with Crippen molar-refractivity contribution in [1.29, 1.82) is 0 Å². The molecular weight excluding hydrogens is 379 g/mol. The Balaban J connectivity index is 1.61. The molecule has 0 saturated heterocycles. The monoisotopic (exact) mass is 404 g/mol. The fraction of sp³-hybridized carbons (Fsp3) is 0.250. The number of aromatic nitrogens is 3. The van der Waals surface area contributed by atoms with Crippen molar-refractivity contribution in [2.75, 3.05) is 21.2 Å². The van der Waals surface area contributed by atoms with E-state index in [1.807, 2.05) is 10.5 Å². The Kier molecular flexibility index (Phi) is 5.77. The minimum Gasteiger partial charge on any atom is -0.493 e. The summed E-state index contributed by atoms with van der Waals surface area (Å²) in [7, 11) is 5.62. The van der Waals surface area contributed by atoms with E-state index < -0.39 is 0 Å². The van der Waals surface area contributed by atoms with Crippen LogP contribution >= 0.6 is 0 Å². The van der Waals surface area contributed by atoms with Gasteiger partial charge >= 0.3 is 0 Å². The number of fused-ring (bicyclic) bond motifs is 1. The summed E-state index contributed by atoms with van der Waals surface area (Å²) in [6, 6.07) is 17.7. The SMILES string of the molecule is COc1c(F)cccc1CCc1ccc(-c2ccc(CN(C)C)cc2)c2nncn12. The molecule has 2 aromatic carbocycles. The van der Waals surface area contributed by atoms with Crippen LogP contribution in [-0.2, 0) is 19.4 Å². The number of hydrogen-bond acceptors (Lipinski definition) is 4. The summed E-state index contributed by atoms with van der Waals surface area (Å²) >= 11 is 0. The number of rotatable bonds is 7. The van der Waals surface area contributed by atoms with Crippen LogP contribution in [0.25, 0.3) is 16.8 Å². The van der Waals surface area contributed by atoms with Crippen molar-refractivity contribution in [1.82, 2.24) is 19.5 Å². The van der Waals surface area contributed by atoms with E-state index in [0.717, 1.165) is 41.0 Å². The Labute approximate surface area is 175 Å². The molecular formula is C24H25FN4O. The molecule has 0 spiro atoms. The van der Waals surface area contributed by atoms with Gasteiger partial charge in [0.2, 0.25) is 0 Å². The zero-order valence-electron chi connectivity index (χ0n) is 17.5. The van der Waals surface area contributed by atoms with Crippen molar-refractivity contribution in [2.24, 2.45) is 0 Å². The standard InChI is InChI=1S/C24H25FN4O/c1-28(2)15-17-7-9-18(10-8-17)21-14-13-20(29-16-26-27-24(21)29)12-11-19-5-4-6-22(25)23(19)30-3/h4-10,13-14,16H,11-12,15H2,1-3H3. The van der Waals surface area contributed by atoms with Gasteiger partial charge in [0.1, 0.15) is 6.33 Å². The quantitative estimate of drug-likeness (QED) is 0.458. The normalized spacial score (nSPS) is 11.4. The van der Waals surface area contributed by atoms with Gasteiger partial charge in [-0.3, -0.25) is 4.40 Å². The van der Waals surface area contributed by atoms with Crippen LogP contribution in [0.5, 0.6) is 5.75 Å². The first-order valence-electron chi connectivity index (χ1n) is 9.94. The van der Waals surface area contributed by atoms with Crippen LogP contribution in [0.3, 0.4) is 0 Å². The first-order chi connectivity index (χ1) is 14.6. The van der Waals surface area contributed by atoms with Crippen LogP contribution in [-0.4, -0.2) is 40.7 Å². The van der Waals surface area contributed by atoms with E-state index in [2.05, 4.69) is 65.6 Å². The van der Waals surface area contributed by atoms with Gasteiger partial charge < -0.3 is 9.64 Å². The van der Waals surface area contributed by atoms with Crippen LogP contribution in [0.4, 0.5) is 4.39 Å². The number of benzene rings is 2. The highest BCUT2D eigenvalue weighted by Crippen LogP contribution is 2.27. The molecule has 0 atom stereocenters. The predicted octanol–water partition coefficient (Wildman–Crippen LogP) is 4.39. The highest BCUT2D eigenvalue weighted by Gasteiger charge is 2.13. The minimum absolute atomic E-state index is 0.312. The van der Waals surface area contributed by atoms with Crippen LogP contribution in [0, 0.1) is 5.82 Å². The number of aryl methyl sites for hydroxylation is 2. The van der Waals surface area contributed by atoms with Gasteiger partial charge in [-0.05, 0) is 61.8 Å². The summed E-state index contributed by atoms with van der Waals surface area (Å²) in [5.74, 6) is -0.0237. The van der Waals surface area contributed by atoms with E-state index in [4.69, 9.17) is 4.74 Å². The first kappa shape index (κ1) is 20.0. The Morgan fingerprint density at radius 1 is 1.00 bits per heavy atom. The molecule has 0 fully saturated rings. The zero-order valence-corrected chi connectivity index (χ0v) is 17.5. The van der Waals surface area contributed by atoms with Crippen molar-refractivity contribution < 1.29 is 9.13 Å². The van der Waals surface area contributed by atoms with Crippen LogP contribution < -0.4 is 4.74 Å². The molecule has 0 aliphatic heterocycles. The summed E-state index contributed by atoms with van der Waals surface area (Å²) < 4.78 is 21.2. The lowest BCUT2D eigenvalue weighted by Crippen LogP contribution is -2.10. The number of methoxy groups -OCH3 is 1. The third-order valence-electron chi connectivity index (χ3n) is 5.21. The lowest BCUT2D eigenvalue weighted by molar-refractivity contribution is 0.381. The molecule has 0 radical (unpaired) electrons. The lowest BCUT2D eigenvalue weighted by Gasteiger charge is -2.12. The van der Waals surface area contributed by atoms with Gasteiger partial charge in [0.15, 0.2) is 17.2 Å². The van der Waals surface area contributed by atoms with E-state index >= 15 is 0 Å². The highest BCUT2D eigenvalue weighted by atomic mass is 19.1. The van der Waals surface area contributed by atoms with Crippen LogP contribution in [0.1, 0.15) is 16.8 Å². The maximum absolute atomic E-state index is 14.0. The van der Waals surface area contributed by atoms with Crippen molar-refractivity contribution in [3.63, 3.8) is 0 Å². The van der Waals surface area contributed by atoms with Gasteiger partial charge in [-0.1, -0.05) is 36.4 Å². The largest absolute Gasteiger partial charge is 0.493 e. The molecule has 0 unspecified atom stereocenters. The maximum Gasteiger partial charge on any atom is 0.168 e. The second kappa shape index (κ2) is 8.63. The molecule has 0 bridgehead atoms. The maximum atomic E-state index is 14.0. The number of halogens is 1. The van der Waals surface area contributed by atoms with Crippen molar-refractivity contribution >= 4 is 5.65 Å². The summed E-state index contributed by atoms with van der Waals surface area (Å²) in [5.41, 5.74) is 6.14. The highest BCUT2D eigenvalue weighted by molar-refractivity contribution is 5.77. The van der Waals surface area contributed by atoms with Crippen LogP contribution in [0.2, 0.25) is 0 Å². The molecule has 0 saturated carbocycles. The molecule has 0 N–H and O–H groups in total. The Morgan fingerprint density at radius 3 is 2.53 bits per heavy atom. The molecule has 2 heterocycles. The van der Waals surface area contributed by atoms with Gasteiger partial charge in [0.25, 0.3) is 0 Å². The van der Waals surface area contributed by atoms with Gasteiger partial charge in [0.05, 0.1) is 7.11 Å². The summed E-state index contributed by atoms with van der Waals surface area (Å²) in [4.78, 5) is 2.15. The molecule has 4 aromatic rings. The van der Waals surface area contributed by atoms with E-state index in [1.165, 1.54) is 18.7 Å². The Hall–Kier alpha value is -3.25. The smallest absolute Gasteiger partial charge is 0.168 e. The predicted molar refractivity (Wildman–Crippen MR) is 116 cm³/mol. The number of pyridine rings is 1. The molecule has 5 nitrogen and oxygen atoms in total. The first-order valence-corrected chi connectivity index (χ1v) is 9.94. The second-order valence-corrected chi connectivity index (χ2v) is 7.63. The fourth-order valence-electron chi connectivity index (χ4n) is 3.79. The van der Waals surface area contributed by atoms with Gasteiger partial charge in [-0.15, -0.1) is 10.2 Å². The van der Waals surface area contributed by atoms with E-state index in [-0.39, 0.29) is 5.82 Å². The molecule has 0 amide bonds. The number of hydrogen-bond donors (Lipinski definition) is 0. The molecule has 0 aliphatic rings. The molecule has 2 aromatic heterocycles. The topological polar surface area (TPSA) is 42.7 Å². The zero-order chi connectivity index (χ0) is 21.1. The summed E-state index contributed by atoms with van der Waals surface area (Å²) in [6.07, 6.45) is 3.11. The molecule has 0 aliphatic carbocycles. The number of para-hydroxylation sites is 1. The average Bonchev–Trinajstić information content (AvgIpc) is 3.22. The Bertz CT molecular complexity index is 1150. The fourth-order valence-corrected chi connectivity index (χ4v) is 3.79. The van der Waals surface area contributed by atoms with Crippen LogP contribution in [0.15, 0.2) is 60.9 Å². The Morgan fingerprint density at radius 2 is 1.80 bits per heavy atom. The lowest BCUT2D eigenvalue weighted by atomic mass is 10.0. The van der Waals surface area contributed by atoms with Gasteiger partial charge in [-0.25, -0.2) is 4.39 Å². The molecule has 154 valence electrons. The van der Waals surface area contributed by atoms with Crippen molar-refractivity contribution in [2.45, 2.75) is 19.4 Å². The van der Waals surface area contributed by atoms with E-state index in [1.54, 1.807) is 12.4 Å². The second-order valence-electron chi connectivity index (χ2n) is 7.63. The summed E-state index contributed by atoms with van der Waals surface area (Å²) in [5, 5.41) is 8.48. The summed E-state index contributed by atoms with van der Waals surface area (Å²) in [6.45, 7) is 0.906. The van der Waals surface area contributed by atoms with Gasteiger partial charge in [0, 0.05) is 17.8 Å². The molecule has 30 heavy (non-hydrogen) atoms. The van der Waals surface area contributed by atoms with Crippen molar-refractivity contribution in [3.8, 4) is 16.9 Å². The molecule has 6 heteroatoms. The third-order valence-corrected chi connectivity index (χ3v) is 5.21. The van der Waals surface area contributed by atoms with E-state index in [0.29, 0.717) is 12.2 Å². The molecule has 4 rings (SSSR count). The number of nitrogens with zero attached hydrogens (tertiary/aromatic N) is 4. The average molecular weight is 404 g/mol. The third kappa shape index (κ3) is 4.04. The van der Waals surface area contributed by atoms with Crippen molar-refractivity contribution in [3.05, 3.63) is 83.6 Å². The van der Waals surface area contributed by atoms with E-state index in [9.17, 15) is 4.39 Å².